The van der Waals surface area contributed by atoms with E-state index in [1.54, 1.807) is 6.07 Å². The Morgan fingerprint density at radius 2 is 2.14 bits per heavy atom. The van der Waals surface area contributed by atoms with Crippen LogP contribution in [0.3, 0.4) is 0 Å². The first-order chi connectivity index (χ1) is 6.63. The van der Waals surface area contributed by atoms with Crippen molar-refractivity contribution in [3.8, 4) is 11.8 Å². The van der Waals surface area contributed by atoms with Crippen LogP contribution in [0.25, 0.3) is 0 Å². The third-order valence-electron chi connectivity index (χ3n) is 1.51. The maximum absolute atomic E-state index is 12.7. The summed E-state index contributed by atoms with van der Waals surface area (Å²) in [5.41, 5.74) is 0.118. The van der Waals surface area contributed by atoms with Crippen molar-refractivity contribution in [1.29, 1.82) is 5.26 Å². The zero-order chi connectivity index (χ0) is 10.6. The van der Waals surface area contributed by atoms with Gasteiger partial charge >= 0.3 is 6.61 Å². The lowest BCUT2D eigenvalue weighted by Gasteiger charge is -2.07. The molecule has 1 rings (SSSR count). The van der Waals surface area contributed by atoms with Gasteiger partial charge in [0, 0.05) is 5.56 Å². The van der Waals surface area contributed by atoms with Crippen LogP contribution in [0, 0.1) is 17.1 Å². The van der Waals surface area contributed by atoms with Gasteiger partial charge in [-0.2, -0.15) is 14.0 Å². The Kier molecular flexibility index (Phi) is 3.35. The summed E-state index contributed by atoms with van der Waals surface area (Å²) in [4.78, 5) is 0. The molecule has 0 aromatic heterocycles. The summed E-state index contributed by atoms with van der Waals surface area (Å²) in [7, 11) is 0. The molecule has 74 valence electrons. The lowest BCUT2D eigenvalue weighted by atomic mass is 10.1. The van der Waals surface area contributed by atoms with E-state index < -0.39 is 12.4 Å². The molecule has 0 aliphatic rings. The zero-order valence-electron chi connectivity index (χ0n) is 7.01. The van der Waals surface area contributed by atoms with Crippen molar-refractivity contribution in [3.05, 3.63) is 29.6 Å². The number of hydrogen-bond acceptors (Lipinski definition) is 2. The molecule has 0 spiro atoms. The van der Waals surface area contributed by atoms with Crippen LogP contribution < -0.4 is 4.74 Å². The maximum Gasteiger partial charge on any atom is 0.387 e. The van der Waals surface area contributed by atoms with Gasteiger partial charge in [-0.05, 0) is 18.2 Å². The third kappa shape index (κ3) is 2.66. The van der Waals surface area contributed by atoms with Crippen molar-refractivity contribution in [2.45, 2.75) is 13.0 Å². The average Bonchev–Trinajstić information content (AvgIpc) is 2.09. The second-order valence-electron chi connectivity index (χ2n) is 2.47. The molecule has 0 saturated heterocycles. The topological polar surface area (TPSA) is 33.0 Å². The standard InChI is InChI=1S/C9H6F3NO/c10-7-1-2-8(14-9(11)12)6(5-7)3-4-13/h1-2,5,9H,3H2. The van der Waals surface area contributed by atoms with Crippen molar-refractivity contribution >= 4 is 0 Å². The molecule has 1 aromatic carbocycles. The molecule has 0 radical (unpaired) electrons. The van der Waals surface area contributed by atoms with Gasteiger partial charge in [-0.1, -0.05) is 0 Å². The Labute approximate surface area is 78.5 Å². The molecule has 0 aliphatic carbocycles. The molecule has 0 amide bonds. The molecule has 0 atom stereocenters. The number of benzene rings is 1. The highest BCUT2D eigenvalue weighted by Gasteiger charge is 2.10. The van der Waals surface area contributed by atoms with Crippen molar-refractivity contribution < 1.29 is 17.9 Å². The van der Waals surface area contributed by atoms with Gasteiger partial charge in [0.25, 0.3) is 0 Å². The summed E-state index contributed by atoms with van der Waals surface area (Å²) < 4.78 is 40.4. The van der Waals surface area contributed by atoms with Crippen LogP contribution in [0.15, 0.2) is 18.2 Å². The third-order valence-corrected chi connectivity index (χ3v) is 1.51. The fourth-order valence-corrected chi connectivity index (χ4v) is 0.982. The Balaban J connectivity index is 2.97. The Bertz CT molecular complexity index is 360. The second kappa shape index (κ2) is 4.51. The Hall–Kier alpha value is -1.70. The van der Waals surface area contributed by atoms with Crippen LogP contribution in [-0.2, 0) is 6.42 Å². The van der Waals surface area contributed by atoms with E-state index in [0.717, 1.165) is 18.2 Å². The van der Waals surface area contributed by atoms with Gasteiger partial charge < -0.3 is 4.74 Å². The smallest absolute Gasteiger partial charge is 0.387 e. The van der Waals surface area contributed by atoms with Crippen molar-refractivity contribution in [1.82, 2.24) is 0 Å². The largest absolute Gasteiger partial charge is 0.435 e. The van der Waals surface area contributed by atoms with E-state index in [1.807, 2.05) is 0 Å². The lowest BCUT2D eigenvalue weighted by molar-refractivity contribution is -0.0504. The highest BCUT2D eigenvalue weighted by molar-refractivity contribution is 5.35. The van der Waals surface area contributed by atoms with E-state index in [-0.39, 0.29) is 17.7 Å². The second-order valence-corrected chi connectivity index (χ2v) is 2.47. The van der Waals surface area contributed by atoms with E-state index in [9.17, 15) is 13.2 Å². The van der Waals surface area contributed by atoms with Gasteiger partial charge in [-0.25, -0.2) is 4.39 Å². The predicted octanol–water partition coefficient (Wildman–Crippen LogP) is 2.49. The van der Waals surface area contributed by atoms with E-state index in [2.05, 4.69) is 4.74 Å². The fourth-order valence-electron chi connectivity index (χ4n) is 0.982. The summed E-state index contributed by atoms with van der Waals surface area (Å²) in [6, 6.07) is 4.81. The minimum absolute atomic E-state index is 0.118. The molecule has 0 heterocycles. The molecule has 0 saturated carbocycles. The first-order valence-electron chi connectivity index (χ1n) is 3.73. The number of nitrogens with zero attached hydrogens (tertiary/aromatic N) is 1. The van der Waals surface area contributed by atoms with Crippen LogP contribution in [0.5, 0.6) is 5.75 Å². The Morgan fingerprint density at radius 3 is 2.71 bits per heavy atom. The molecule has 2 nitrogen and oxygen atoms in total. The SMILES string of the molecule is N#CCc1cc(F)ccc1OC(F)F. The molecule has 5 heteroatoms. The van der Waals surface area contributed by atoms with Crippen LogP contribution in [0.1, 0.15) is 5.56 Å². The molecule has 1 aromatic rings. The van der Waals surface area contributed by atoms with E-state index in [0.29, 0.717) is 0 Å². The summed E-state index contributed by atoms with van der Waals surface area (Å²) in [6.45, 7) is -2.97. The number of hydrogen-bond donors (Lipinski definition) is 0. The molecular weight excluding hydrogens is 195 g/mol. The zero-order valence-corrected chi connectivity index (χ0v) is 7.01. The van der Waals surface area contributed by atoms with E-state index >= 15 is 0 Å². The minimum atomic E-state index is -2.97. The highest BCUT2D eigenvalue weighted by Crippen LogP contribution is 2.21. The quantitative estimate of drug-likeness (QED) is 0.752. The molecule has 0 fully saturated rings. The molecule has 0 aliphatic heterocycles. The molecule has 0 unspecified atom stereocenters. The fraction of sp³-hybridized carbons (Fsp3) is 0.222. The summed E-state index contributed by atoms with van der Waals surface area (Å²) in [6.07, 6.45) is -0.167. The lowest BCUT2D eigenvalue weighted by Crippen LogP contribution is -2.04. The maximum atomic E-state index is 12.7. The predicted molar refractivity (Wildman–Crippen MR) is 42.3 cm³/mol. The first-order valence-corrected chi connectivity index (χ1v) is 3.73. The van der Waals surface area contributed by atoms with Crippen molar-refractivity contribution in [2.24, 2.45) is 0 Å². The number of rotatable bonds is 3. The molecule has 0 bridgehead atoms. The number of alkyl halides is 2. The van der Waals surface area contributed by atoms with Gasteiger partial charge in [-0.15, -0.1) is 0 Å². The molecule has 0 N–H and O–H groups in total. The van der Waals surface area contributed by atoms with Gasteiger partial charge in [0.1, 0.15) is 11.6 Å². The summed E-state index contributed by atoms with van der Waals surface area (Å²) >= 11 is 0. The number of nitriles is 1. The van der Waals surface area contributed by atoms with Gasteiger partial charge in [-0.3, -0.25) is 0 Å². The van der Waals surface area contributed by atoms with Gasteiger partial charge in [0.05, 0.1) is 12.5 Å². The molecular formula is C9H6F3NO. The number of ether oxygens (including phenoxy) is 1. The molecule has 14 heavy (non-hydrogen) atoms. The van der Waals surface area contributed by atoms with E-state index in [4.69, 9.17) is 5.26 Å². The van der Waals surface area contributed by atoms with Crippen molar-refractivity contribution in [2.75, 3.05) is 0 Å². The van der Waals surface area contributed by atoms with E-state index in [1.165, 1.54) is 0 Å². The number of halogens is 3. The van der Waals surface area contributed by atoms with Crippen molar-refractivity contribution in [3.63, 3.8) is 0 Å². The van der Waals surface area contributed by atoms with Crippen LogP contribution in [0.2, 0.25) is 0 Å². The summed E-state index contributed by atoms with van der Waals surface area (Å²) in [5.74, 6) is -0.750. The highest BCUT2D eigenvalue weighted by atomic mass is 19.3. The Morgan fingerprint density at radius 1 is 1.43 bits per heavy atom. The van der Waals surface area contributed by atoms with Crippen LogP contribution >= 0.6 is 0 Å². The van der Waals surface area contributed by atoms with Gasteiger partial charge in [0.2, 0.25) is 0 Å². The summed E-state index contributed by atoms with van der Waals surface area (Å²) in [5, 5.41) is 8.35. The monoisotopic (exact) mass is 201 g/mol. The minimum Gasteiger partial charge on any atom is -0.435 e. The normalized spacial score (nSPS) is 9.93. The first kappa shape index (κ1) is 10.4. The van der Waals surface area contributed by atoms with Crippen LogP contribution in [-0.4, -0.2) is 6.61 Å². The van der Waals surface area contributed by atoms with Gasteiger partial charge in [0.15, 0.2) is 0 Å². The van der Waals surface area contributed by atoms with Crippen LogP contribution in [0.4, 0.5) is 13.2 Å². The average molecular weight is 201 g/mol.